The molecule has 0 radical (unpaired) electrons. The summed E-state index contributed by atoms with van der Waals surface area (Å²) < 4.78 is 11.0. The zero-order valence-electron chi connectivity index (χ0n) is 21.3. The molecule has 0 bridgehead atoms. The van der Waals surface area contributed by atoms with Crippen LogP contribution in [0.2, 0.25) is 5.02 Å². The van der Waals surface area contributed by atoms with Crippen LogP contribution in [0.3, 0.4) is 0 Å². The average Bonchev–Trinajstić information content (AvgIpc) is 3.27. The number of carbonyl (C=O) groups excluding carboxylic acids is 1. The summed E-state index contributed by atoms with van der Waals surface area (Å²) in [5, 5.41) is 14.4. The van der Waals surface area contributed by atoms with Gasteiger partial charge in [-0.05, 0) is 63.9 Å². The molecule has 1 aromatic carbocycles. The number of likely N-dealkylation sites (tertiary alicyclic amines) is 1. The van der Waals surface area contributed by atoms with Gasteiger partial charge >= 0.3 is 6.09 Å². The topological polar surface area (TPSA) is 90.7 Å². The van der Waals surface area contributed by atoms with E-state index < -0.39 is 5.60 Å². The van der Waals surface area contributed by atoms with Crippen molar-refractivity contribution in [3.63, 3.8) is 0 Å². The van der Waals surface area contributed by atoms with Crippen molar-refractivity contribution in [1.29, 1.82) is 5.26 Å². The molecule has 0 saturated carbocycles. The number of hydrogen-bond donors (Lipinski definition) is 1. The zero-order chi connectivity index (χ0) is 25.7. The Balaban J connectivity index is 1.48. The van der Waals surface area contributed by atoms with E-state index >= 15 is 0 Å². The highest BCUT2D eigenvalue weighted by atomic mass is 35.5. The van der Waals surface area contributed by atoms with Gasteiger partial charge in [0.15, 0.2) is 0 Å². The first-order chi connectivity index (χ1) is 17.1. The summed E-state index contributed by atoms with van der Waals surface area (Å²) in [4.78, 5) is 21.5. The molecule has 1 N–H and O–H groups in total. The van der Waals surface area contributed by atoms with E-state index in [0.717, 1.165) is 54.9 Å². The Kier molecular flexibility index (Phi) is 6.26. The Labute approximate surface area is 217 Å². The fraction of sp³-hybridized carbons (Fsp3) is 0.519. The number of aromatic nitrogens is 1. The number of benzene rings is 1. The number of amides is 1. The maximum Gasteiger partial charge on any atom is 0.410 e. The van der Waals surface area contributed by atoms with Crippen molar-refractivity contribution in [3.8, 4) is 22.9 Å². The number of pyridine rings is 1. The van der Waals surface area contributed by atoms with E-state index in [1.807, 2.05) is 39.0 Å². The standard InChI is InChI=1S/C27H32ClN5O3/c1-26(2,3)36-25(34)33-15-27(16-33)8-10-32(14-27)24-20(12-29)23(18-7-9-30-13-22(18)31-24)19-11-17(35-4)5-6-21(19)28/h5-6,11,30H,7-10,13-16H2,1-4H3. The van der Waals surface area contributed by atoms with Gasteiger partial charge in [0.1, 0.15) is 28.8 Å². The van der Waals surface area contributed by atoms with Crippen LogP contribution < -0.4 is 15.0 Å². The predicted octanol–water partition coefficient (Wildman–Crippen LogP) is 4.38. The molecular weight excluding hydrogens is 478 g/mol. The molecule has 1 aromatic heterocycles. The molecule has 5 rings (SSSR count). The predicted molar refractivity (Wildman–Crippen MR) is 138 cm³/mol. The van der Waals surface area contributed by atoms with Crippen LogP contribution in [-0.2, 0) is 17.7 Å². The summed E-state index contributed by atoms with van der Waals surface area (Å²) in [6.45, 7) is 9.93. The van der Waals surface area contributed by atoms with Gasteiger partial charge in [0.2, 0.25) is 0 Å². The van der Waals surface area contributed by atoms with Gasteiger partial charge in [-0.15, -0.1) is 0 Å². The highest BCUT2D eigenvalue weighted by Crippen LogP contribution is 2.45. The summed E-state index contributed by atoms with van der Waals surface area (Å²) in [5.41, 5.74) is 3.70. The van der Waals surface area contributed by atoms with Gasteiger partial charge in [-0.1, -0.05) is 11.6 Å². The van der Waals surface area contributed by atoms with Crippen LogP contribution in [0, 0.1) is 16.7 Å². The molecule has 36 heavy (non-hydrogen) atoms. The first-order valence-corrected chi connectivity index (χ1v) is 12.7. The number of nitriles is 1. The molecule has 3 aliphatic rings. The minimum Gasteiger partial charge on any atom is -0.497 e. The van der Waals surface area contributed by atoms with E-state index in [2.05, 4.69) is 16.3 Å². The fourth-order valence-corrected chi connectivity index (χ4v) is 5.75. The Bertz CT molecular complexity index is 1240. The molecule has 1 spiro atoms. The number of rotatable bonds is 3. The Hall–Kier alpha value is -3.02. The van der Waals surface area contributed by atoms with Gasteiger partial charge in [0.05, 0.1) is 12.8 Å². The molecule has 3 aliphatic heterocycles. The van der Waals surface area contributed by atoms with Crippen LogP contribution >= 0.6 is 11.6 Å². The van der Waals surface area contributed by atoms with Gasteiger partial charge in [-0.3, -0.25) is 0 Å². The Morgan fingerprint density at radius 3 is 2.75 bits per heavy atom. The summed E-state index contributed by atoms with van der Waals surface area (Å²) in [5.74, 6) is 1.39. The molecular formula is C27H32ClN5O3. The van der Waals surface area contributed by atoms with Crippen LogP contribution in [0.25, 0.3) is 11.1 Å². The monoisotopic (exact) mass is 509 g/mol. The first kappa shape index (κ1) is 24.7. The third-order valence-electron chi connectivity index (χ3n) is 7.21. The van der Waals surface area contributed by atoms with Crippen molar-refractivity contribution < 1.29 is 14.3 Å². The van der Waals surface area contributed by atoms with Crippen LogP contribution in [0.4, 0.5) is 10.6 Å². The SMILES string of the molecule is COc1ccc(Cl)c(-c2c(C#N)c(N3CCC4(CN(C(=O)OC(C)(C)C)C4)C3)nc3c2CCNC3)c1. The average molecular weight is 510 g/mol. The van der Waals surface area contributed by atoms with Gasteiger partial charge in [-0.2, -0.15) is 5.26 Å². The first-order valence-electron chi connectivity index (χ1n) is 12.4. The molecule has 2 aromatic rings. The van der Waals surface area contributed by atoms with E-state index in [-0.39, 0.29) is 11.5 Å². The second-order valence-electron chi connectivity index (χ2n) is 11.0. The molecule has 9 heteroatoms. The number of hydrogen-bond acceptors (Lipinski definition) is 7. The normalized spacial score (nSPS) is 18.4. The molecule has 0 unspecified atom stereocenters. The summed E-state index contributed by atoms with van der Waals surface area (Å²) in [6, 6.07) is 8.00. The quantitative estimate of drug-likeness (QED) is 0.656. The number of nitrogens with zero attached hydrogens (tertiary/aromatic N) is 4. The van der Waals surface area contributed by atoms with Crippen LogP contribution in [-0.4, -0.2) is 61.4 Å². The lowest BCUT2D eigenvalue weighted by molar-refractivity contribution is -0.0266. The number of fused-ring (bicyclic) bond motifs is 1. The van der Waals surface area contributed by atoms with Crippen molar-refractivity contribution in [2.24, 2.45) is 5.41 Å². The lowest BCUT2D eigenvalue weighted by Gasteiger charge is -2.47. The number of halogens is 1. The van der Waals surface area contributed by atoms with Crippen LogP contribution in [0.5, 0.6) is 5.75 Å². The molecule has 190 valence electrons. The number of methoxy groups -OCH3 is 1. The largest absolute Gasteiger partial charge is 0.497 e. The lowest BCUT2D eigenvalue weighted by atomic mass is 9.79. The van der Waals surface area contributed by atoms with Crippen molar-refractivity contribution in [2.45, 2.75) is 45.8 Å². The second kappa shape index (κ2) is 9.13. The van der Waals surface area contributed by atoms with Crippen molar-refractivity contribution in [2.75, 3.05) is 44.7 Å². The lowest BCUT2D eigenvalue weighted by Crippen LogP contribution is -2.60. The van der Waals surface area contributed by atoms with Gasteiger partial charge in [0.25, 0.3) is 0 Å². The molecule has 1 amide bonds. The third kappa shape index (κ3) is 4.46. The number of anilines is 1. The Morgan fingerprint density at radius 2 is 2.06 bits per heavy atom. The molecule has 2 fully saturated rings. The summed E-state index contributed by atoms with van der Waals surface area (Å²) >= 11 is 6.68. The van der Waals surface area contributed by atoms with E-state index in [0.29, 0.717) is 41.8 Å². The van der Waals surface area contributed by atoms with E-state index in [4.69, 9.17) is 26.1 Å². The molecule has 8 nitrogen and oxygen atoms in total. The summed E-state index contributed by atoms with van der Waals surface area (Å²) in [7, 11) is 1.62. The van der Waals surface area contributed by atoms with Gasteiger partial charge in [0, 0.05) is 54.3 Å². The number of ether oxygens (including phenoxy) is 2. The second-order valence-corrected chi connectivity index (χ2v) is 11.4. The zero-order valence-corrected chi connectivity index (χ0v) is 22.0. The Morgan fingerprint density at radius 1 is 1.28 bits per heavy atom. The fourth-order valence-electron chi connectivity index (χ4n) is 5.54. The molecule has 4 heterocycles. The van der Waals surface area contributed by atoms with E-state index in [9.17, 15) is 10.1 Å². The maximum atomic E-state index is 12.5. The minimum absolute atomic E-state index is 0.00671. The van der Waals surface area contributed by atoms with E-state index in [1.165, 1.54) is 0 Å². The van der Waals surface area contributed by atoms with Crippen molar-refractivity contribution in [3.05, 3.63) is 40.0 Å². The number of nitrogens with one attached hydrogen (secondary N) is 1. The van der Waals surface area contributed by atoms with Gasteiger partial charge in [-0.25, -0.2) is 9.78 Å². The molecule has 2 saturated heterocycles. The van der Waals surface area contributed by atoms with E-state index in [1.54, 1.807) is 12.0 Å². The van der Waals surface area contributed by atoms with Gasteiger partial charge < -0.3 is 24.6 Å². The number of carbonyl (C=O) groups is 1. The third-order valence-corrected chi connectivity index (χ3v) is 7.54. The smallest absolute Gasteiger partial charge is 0.410 e. The highest BCUT2D eigenvalue weighted by Gasteiger charge is 2.51. The minimum atomic E-state index is -0.512. The van der Waals surface area contributed by atoms with Crippen molar-refractivity contribution in [1.82, 2.24) is 15.2 Å². The summed E-state index contributed by atoms with van der Waals surface area (Å²) in [6.07, 6.45) is 1.44. The maximum absolute atomic E-state index is 12.5. The molecule has 0 aliphatic carbocycles. The van der Waals surface area contributed by atoms with Crippen molar-refractivity contribution >= 4 is 23.5 Å². The highest BCUT2D eigenvalue weighted by molar-refractivity contribution is 6.33. The molecule has 0 atom stereocenters. The van der Waals surface area contributed by atoms with Crippen LogP contribution in [0.15, 0.2) is 18.2 Å². The van der Waals surface area contributed by atoms with Crippen LogP contribution in [0.1, 0.15) is 44.0 Å².